The Hall–Kier alpha value is -2.83. The molecular formula is C22H29N3O4. The van der Waals surface area contributed by atoms with Gasteiger partial charge in [-0.1, -0.05) is 13.0 Å². The molecule has 1 aliphatic rings. The highest BCUT2D eigenvalue weighted by Gasteiger charge is 2.24. The van der Waals surface area contributed by atoms with E-state index < -0.39 is 5.97 Å². The number of aryl methyl sites for hydroxylation is 1. The van der Waals surface area contributed by atoms with Crippen molar-refractivity contribution in [3.63, 3.8) is 0 Å². The summed E-state index contributed by atoms with van der Waals surface area (Å²) in [5.74, 6) is 0.722. The summed E-state index contributed by atoms with van der Waals surface area (Å²) in [6.45, 7) is 7.75. The molecule has 1 amide bonds. The highest BCUT2D eigenvalue weighted by molar-refractivity contribution is 6.07. The van der Waals surface area contributed by atoms with Gasteiger partial charge in [-0.3, -0.25) is 9.78 Å². The number of nitrogen functional groups attached to an aromatic ring is 1. The molecule has 2 N–H and O–H groups in total. The molecule has 1 aliphatic heterocycles. The molecule has 7 heteroatoms. The van der Waals surface area contributed by atoms with Crippen LogP contribution in [-0.2, 0) is 9.53 Å². The number of esters is 1. The van der Waals surface area contributed by atoms with Crippen molar-refractivity contribution in [2.24, 2.45) is 5.92 Å². The Labute approximate surface area is 171 Å². The van der Waals surface area contributed by atoms with Crippen molar-refractivity contribution < 1.29 is 19.1 Å². The van der Waals surface area contributed by atoms with E-state index in [4.69, 9.17) is 15.2 Å². The van der Waals surface area contributed by atoms with E-state index in [-0.39, 0.29) is 12.5 Å². The second-order valence-electron chi connectivity index (χ2n) is 7.35. The SMILES string of the molecule is CCOC(=O)c1c(C)nc2cccc(OCC3CCN(C(=O)CC)CC3)c2c1N. The average molecular weight is 399 g/mol. The number of piperidine rings is 1. The van der Waals surface area contributed by atoms with Crippen molar-refractivity contribution in [3.05, 3.63) is 29.5 Å². The third kappa shape index (κ3) is 4.44. The highest BCUT2D eigenvalue weighted by atomic mass is 16.5. The molecule has 0 radical (unpaired) electrons. The Morgan fingerprint density at radius 1 is 1.24 bits per heavy atom. The van der Waals surface area contributed by atoms with Gasteiger partial charge in [0.05, 0.1) is 35.5 Å². The first kappa shape index (κ1) is 20.9. The minimum atomic E-state index is -0.473. The van der Waals surface area contributed by atoms with Gasteiger partial charge in [0.15, 0.2) is 0 Å². The van der Waals surface area contributed by atoms with E-state index in [1.54, 1.807) is 13.8 Å². The third-order valence-electron chi connectivity index (χ3n) is 5.42. The van der Waals surface area contributed by atoms with Crippen molar-refractivity contribution in [1.82, 2.24) is 9.88 Å². The number of aromatic nitrogens is 1. The summed E-state index contributed by atoms with van der Waals surface area (Å²) < 4.78 is 11.3. The van der Waals surface area contributed by atoms with Gasteiger partial charge in [-0.05, 0) is 44.7 Å². The molecule has 1 aromatic heterocycles. The minimum Gasteiger partial charge on any atom is -0.493 e. The second-order valence-corrected chi connectivity index (χ2v) is 7.35. The number of hydrogen-bond donors (Lipinski definition) is 1. The smallest absolute Gasteiger partial charge is 0.342 e. The Bertz CT molecular complexity index is 905. The van der Waals surface area contributed by atoms with E-state index in [0.29, 0.717) is 52.5 Å². The van der Waals surface area contributed by atoms with E-state index in [0.717, 1.165) is 25.9 Å². The van der Waals surface area contributed by atoms with Crippen molar-refractivity contribution in [3.8, 4) is 5.75 Å². The van der Waals surface area contributed by atoms with Crippen LogP contribution in [0.5, 0.6) is 5.75 Å². The van der Waals surface area contributed by atoms with E-state index in [2.05, 4.69) is 4.98 Å². The van der Waals surface area contributed by atoms with Crippen LogP contribution in [0.1, 0.15) is 49.2 Å². The molecule has 0 unspecified atom stereocenters. The first-order chi connectivity index (χ1) is 14.0. The summed E-state index contributed by atoms with van der Waals surface area (Å²) in [5.41, 5.74) is 8.22. The molecule has 29 heavy (non-hydrogen) atoms. The lowest BCUT2D eigenvalue weighted by Crippen LogP contribution is -2.39. The molecular weight excluding hydrogens is 370 g/mol. The molecule has 0 spiro atoms. The van der Waals surface area contributed by atoms with Crippen LogP contribution in [0, 0.1) is 12.8 Å². The number of amides is 1. The van der Waals surface area contributed by atoms with Crippen LogP contribution in [0.25, 0.3) is 10.9 Å². The minimum absolute atomic E-state index is 0.208. The Morgan fingerprint density at radius 2 is 1.97 bits per heavy atom. The maximum Gasteiger partial charge on any atom is 0.342 e. The maximum absolute atomic E-state index is 12.3. The van der Waals surface area contributed by atoms with Crippen molar-refractivity contribution in [2.75, 3.05) is 32.0 Å². The third-order valence-corrected chi connectivity index (χ3v) is 5.42. The van der Waals surface area contributed by atoms with Crippen LogP contribution in [-0.4, -0.2) is 48.1 Å². The molecule has 156 valence electrons. The topological polar surface area (TPSA) is 94.8 Å². The Kier molecular flexibility index (Phi) is 6.56. The standard InChI is InChI=1S/C22H29N3O4/c1-4-18(26)25-11-9-15(10-12-25)13-29-17-8-6-7-16-20(17)21(23)19(14(3)24-16)22(27)28-5-2/h6-8,15H,4-5,9-13H2,1-3H3,(H2,23,24). The zero-order valence-corrected chi connectivity index (χ0v) is 17.4. The van der Waals surface area contributed by atoms with Crippen LogP contribution in [0.15, 0.2) is 18.2 Å². The number of hydrogen-bond acceptors (Lipinski definition) is 6. The number of benzene rings is 1. The maximum atomic E-state index is 12.3. The van der Waals surface area contributed by atoms with Gasteiger partial charge >= 0.3 is 5.97 Å². The summed E-state index contributed by atoms with van der Waals surface area (Å²) in [6.07, 6.45) is 2.38. The predicted molar refractivity (Wildman–Crippen MR) is 112 cm³/mol. The van der Waals surface area contributed by atoms with Crippen LogP contribution < -0.4 is 10.5 Å². The zero-order chi connectivity index (χ0) is 21.0. The summed E-state index contributed by atoms with van der Waals surface area (Å²) in [6, 6.07) is 5.58. The molecule has 0 atom stereocenters. The fourth-order valence-electron chi connectivity index (χ4n) is 3.80. The fraction of sp³-hybridized carbons (Fsp3) is 0.500. The highest BCUT2D eigenvalue weighted by Crippen LogP contribution is 2.34. The molecule has 0 aliphatic carbocycles. The molecule has 0 bridgehead atoms. The number of nitrogens with two attached hydrogens (primary N) is 1. The van der Waals surface area contributed by atoms with Gasteiger partial charge in [-0.2, -0.15) is 0 Å². The normalized spacial score (nSPS) is 14.8. The van der Waals surface area contributed by atoms with Crippen molar-refractivity contribution in [2.45, 2.75) is 40.0 Å². The molecule has 1 aromatic carbocycles. The van der Waals surface area contributed by atoms with Gasteiger partial charge in [0.25, 0.3) is 0 Å². The molecule has 1 saturated heterocycles. The number of likely N-dealkylation sites (tertiary alicyclic amines) is 1. The van der Waals surface area contributed by atoms with Crippen LogP contribution >= 0.6 is 0 Å². The number of carbonyl (C=O) groups excluding carboxylic acids is 2. The number of ether oxygens (including phenoxy) is 2. The summed E-state index contributed by atoms with van der Waals surface area (Å²) in [5, 5.41) is 0.639. The van der Waals surface area contributed by atoms with E-state index in [1.165, 1.54) is 0 Å². The van der Waals surface area contributed by atoms with Crippen LogP contribution in [0.3, 0.4) is 0 Å². The molecule has 7 nitrogen and oxygen atoms in total. The predicted octanol–water partition coefficient (Wildman–Crippen LogP) is 3.33. The van der Waals surface area contributed by atoms with Gasteiger partial charge in [-0.25, -0.2) is 4.79 Å². The Balaban J connectivity index is 1.79. The number of anilines is 1. The van der Waals surface area contributed by atoms with Crippen molar-refractivity contribution in [1.29, 1.82) is 0 Å². The molecule has 1 fully saturated rings. The summed E-state index contributed by atoms with van der Waals surface area (Å²) in [7, 11) is 0. The average Bonchev–Trinajstić information content (AvgIpc) is 2.72. The monoisotopic (exact) mass is 399 g/mol. The van der Waals surface area contributed by atoms with Crippen molar-refractivity contribution >= 4 is 28.5 Å². The van der Waals surface area contributed by atoms with Crippen LogP contribution in [0.4, 0.5) is 5.69 Å². The lowest BCUT2D eigenvalue weighted by molar-refractivity contribution is -0.132. The fourth-order valence-corrected chi connectivity index (χ4v) is 3.80. The number of fused-ring (bicyclic) bond motifs is 1. The van der Waals surface area contributed by atoms with Crippen LogP contribution in [0.2, 0.25) is 0 Å². The number of rotatable bonds is 6. The van der Waals surface area contributed by atoms with Gasteiger partial charge < -0.3 is 20.1 Å². The van der Waals surface area contributed by atoms with Gasteiger partial charge in [0.2, 0.25) is 5.91 Å². The molecule has 2 aromatic rings. The molecule has 3 rings (SSSR count). The quantitative estimate of drug-likeness (QED) is 0.749. The summed E-state index contributed by atoms with van der Waals surface area (Å²) >= 11 is 0. The van der Waals surface area contributed by atoms with E-state index >= 15 is 0 Å². The second kappa shape index (κ2) is 9.11. The Morgan fingerprint density at radius 3 is 2.62 bits per heavy atom. The van der Waals surface area contributed by atoms with Gasteiger partial charge in [0.1, 0.15) is 11.3 Å². The number of nitrogens with zero attached hydrogens (tertiary/aromatic N) is 2. The van der Waals surface area contributed by atoms with Gasteiger partial charge in [-0.15, -0.1) is 0 Å². The number of carbonyl (C=O) groups is 2. The lowest BCUT2D eigenvalue weighted by Gasteiger charge is -2.31. The first-order valence-electron chi connectivity index (χ1n) is 10.2. The summed E-state index contributed by atoms with van der Waals surface area (Å²) in [4.78, 5) is 30.6. The molecule has 2 heterocycles. The zero-order valence-electron chi connectivity index (χ0n) is 17.4. The largest absolute Gasteiger partial charge is 0.493 e. The first-order valence-corrected chi connectivity index (χ1v) is 10.2. The van der Waals surface area contributed by atoms with Gasteiger partial charge in [0, 0.05) is 19.5 Å². The van der Waals surface area contributed by atoms with E-state index in [9.17, 15) is 9.59 Å². The number of pyridine rings is 1. The molecule has 0 saturated carbocycles. The van der Waals surface area contributed by atoms with E-state index in [1.807, 2.05) is 30.0 Å². The lowest BCUT2D eigenvalue weighted by atomic mass is 9.97.